The first-order chi connectivity index (χ1) is 15.9. The van der Waals surface area contributed by atoms with Gasteiger partial charge in [-0.1, -0.05) is 17.7 Å². The molecule has 1 unspecified atom stereocenters. The molecule has 172 valence electrons. The summed E-state index contributed by atoms with van der Waals surface area (Å²) < 4.78 is 24.7. The van der Waals surface area contributed by atoms with E-state index in [0.29, 0.717) is 11.5 Å². The van der Waals surface area contributed by atoms with Gasteiger partial charge in [-0.05, 0) is 48.9 Å². The zero-order valence-corrected chi connectivity index (χ0v) is 19.8. The standard InChI is InChI=1S/C24H23ClFN3O3S/c1-29-8-7-16-20(11-29)33-24-21(16)23(30)27-22(28-24)13-3-6-19(31-2)14(9-13)12-32-15-4-5-18(26)17(25)10-15/h3-6,9-10,22,28H,7-8,11-12H2,1-2H3,(H,27,30). The average Bonchev–Trinajstić information content (AvgIpc) is 3.17. The summed E-state index contributed by atoms with van der Waals surface area (Å²) in [6, 6.07) is 9.94. The number of carbonyl (C=O) groups is 1. The van der Waals surface area contributed by atoms with E-state index in [4.69, 9.17) is 21.1 Å². The molecule has 9 heteroatoms. The van der Waals surface area contributed by atoms with Crippen LogP contribution < -0.4 is 20.1 Å². The van der Waals surface area contributed by atoms with Crippen molar-refractivity contribution in [2.75, 3.05) is 26.0 Å². The van der Waals surface area contributed by atoms with Crippen LogP contribution in [0.25, 0.3) is 0 Å². The molecule has 2 aliphatic rings. The first-order valence-corrected chi connectivity index (χ1v) is 11.8. The van der Waals surface area contributed by atoms with Crippen molar-refractivity contribution in [3.63, 3.8) is 0 Å². The topological polar surface area (TPSA) is 62.8 Å². The van der Waals surface area contributed by atoms with E-state index in [9.17, 15) is 9.18 Å². The molecule has 0 fully saturated rings. The number of fused-ring (bicyclic) bond motifs is 3. The Kier molecular flexibility index (Phi) is 5.90. The smallest absolute Gasteiger partial charge is 0.256 e. The lowest BCUT2D eigenvalue weighted by atomic mass is 10.00. The van der Waals surface area contributed by atoms with Gasteiger partial charge in [0.2, 0.25) is 0 Å². The number of likely N-dealkylation sites (N-methyl/N-ethyl adjacent to an activating group) is 1. The summed E-state index contributed by atoms with van der Waals surface area (Å²) in [7, 11) is 3.69. The van der Waals surface area contributed by atoms with E-state index in [1.807, 2.05) is 18.2 Å². The summed E-state index contributed by atoms with van der Waals surface area (Å²) in [5.41, 5.74) is 3.63. The number of halogens is 2. The summed E-state index contributed by atoms with van der Waals surface area (Å²) >= 11 is 7.51. The number of hydrogen-bond donors (Lipinski definition) is 2. The third kappa shape index (κ3) is 4.26. The maximum Gasteiger partial charge on any atom is 0.256 e. The van der Waals surface area contributed by atoms with Crippen molar-refractivity contribution in [1.82, 2.24) is 10.2 Å². The summed E-state index contributed by atoms with van der Waals surface area (Å²) in [6.45, 7) is 2.02. The third-order valence-corrected chi connectivity index (χ3v) is 7.39. The molecule has 5 rings (SSSR count). The van der Waals surface area contributed by atoms with Crippen molar-refractivity contribution in [2.45, 2.75) is 25.7 Å². The monoisotopic (exact) mass is 487 g/mol. The number of carbonyl (C=O) groups excluding carboxylic acids is 1. The quantitative estimate of drug-likeness (QED) is 0.532. The molecular weight excluding hydrogens is 465 g/mol. The molecule has 6 nitrogen and oxygen atoms in total. The second-order valence-corrected chi connectivity index (χ2v) is 9.69. The van der Waals surface area contributed by atoms with Crippen LogP contribution in [0.4, 0.5) is 9.39 Å². The first-order valence-electron chi connectivity index (χ1n) is 10.6. The Morgan fingerprint density at radius 3 is 2.88 bits per heavy atom. The van der Waals surface area contributed by atoms with Crippen molar-refractivity contribution in [1.29, 1.82) is 0 Å². The lowest BCUT2D eigenvalue weighted by Gasteiger charge is -2.28. The number of thiophene rings is 1. The number of anilines is 1. The lowest BCUT2D eigenvalue weighted by molar-refractivity contribution is 0.0935. The Morgan fingerprint density at radius 2 is 2.09 bits per heavy atom. The minimum absolute atomic E-state index is 0.00276. The highest BCUT2D eigenvalue weighted by molar-refractivity contribution is 7.16. The Bertz CT molecular complexity index is 1230. The van der Waals surface area contributed by atoms with Gasteiger partial charge in [-0.3, -0.25) is 4.79 Å². The molecule has 2 aromatic carbocycles. The van der Waals surface area contributed by atoms with E-state index >= 15 is 0 Å². The van der Waals surface area contributed by atoms with Crippen LogP contribution in [0.5, 0.6) is 11.5 Å². The number of benzene rings is 2. The minimum Gasteiger partial charge on any atom is -0.496 e. The molecule has 0 bridgehead atoms. The highest BCUT2D eigenvalue weighted by Crippen LogP contribution is 2.41. The molecule has 1 atom stereocenters. The van der Waals surface area contributed by atoms with E-state index in [2.05, 4.69) is 22.6 Å². The van der Waals surface area contributed by atoms with Gasteiger partial charge in [0.05, 0.1) is 17.7 Å². The van der Waals surface area contributed by atoms with Gasteiger partial charge in [0.25, 0.3) is 5.91 Å². The Labute approximate surface area is 200 Å². The van der Waals surface area contributed by atoms with Gasteiger partial charge in [-0.15, -0.1) is 11.3 Å². The predicted molar refractivity (Wildman–Crippen MR) is 127 cm³/mol. The molecule has 2 aliphatic heterocycles. The van der Waals surface area contributed by atoms with Crippen molar-refractivity contribution >= 4 is 33.8 Å². The van der Waals surface area contributed by atoms with Crippen molar-refractivity contribution in [2.24, 2.45) is 0 Å². The summed E-state index contributed by atoms with van der Waals surface area (Å²) in [5.74, 6) is 0.565. The molecule has 0 radical (unpaired) electrons. The SMILES string of the molecule is COc1ccc(C2NC(=O)c3c(sc4c3CCN(C)C4)N2)cc1COc1ccc(F)c(Cl)c1. The number of ether oxygens (including phenoxy) is 2. The van der Waals surface area contributed by atoms with Gasteiger partial charge in [0.1, 0.15) is 35.1 Å². The van der Waals surface area contributed by atoms with Crippen molar-refractivity contribution < 1.29 is 18.7 Å². The molecule has 0 spiro atoms. The van der Waals surface area contributed by atoms with Crippen molar-refractivity contribution in [3.05, 3.63) is 74.4 Å². The fourth-order valence-electron chi connectivity index (χ4n) is 4.23. The molecular formula is C24H23ClFN3O3S. The van der Waals surface area contributed by atoms with E-state index in [-0.39, 0.29) is 23.7 Å². The largest absolute Gasteiger partial charge is 0.496 e. The molecule has 3 aromatic rings. The Hall–Kier alpha value is -2.81. The zero-order chi connectivity index (χ0) is 23.1. The van der Waals surface area contributed by atoms with E-state index in [1.54, 1.807) is 18.4 Å². The highest BCUT2D eigenvalue weighted by atomic mass is 35.5. The minimum atomic E-state index is -0.496. The maximum atomic E-state index is 13.4. The fraction of sp³-hybridized carbons (Fsp3) is 0.292. The molecule has 3 heterocycles. The van der Waals surface area contributed by atoms with Crippen LogP contribution in [0.1, 0.15) is 38.1 Å². The zero-order valence-electron chi connectivity index (χ0n) is 18.2. The highest BCUT2D eigenvalue weighted by Gasteiger charge is 2.33. The van der Waals surface area contributed by atoms with Crippen LogP contribution in [0.3, 0.4) is 0 Å². The van der Waals surface area contributed by atoms with Crippen LogP contribution >= 0.6 is 22.9 Å². The van der Waals surface area contributed by atoms with Gasteiger partial charge in [0, 0.05) is 29.6 Å². The van der Waals surface area contributed by atoms with E-state index in [0.717, 1.165) is 41.2 Å². The third-order valence-electron chi connectivity index (χ3n) is 5.95. The summed E-state index contributed by atoms with van der Waals surface area (Å²) in [5, 5.41) is 7.50. The second-order valence-electron chi connectivity index (χ2n) is 8.18. The van der Waals surface area contributed by atoms with Gasteiger partial charge < -0.3 is 25.0 Å². The van der Waals surface area contributed by atoms with Crippen LogP contribution in [0.15, 0.2) is 36.4 Å². The number of nitrogens with zero attached hydrogens (tertiary/aromatic N) is 1. The molecule has 1 amide bonds. The molecule has 2 N–H and O–H groups in total. The Morgan fingerprint density at radius 1 is 1.24 bits per heavy atom. The molecule has 0 aliphatic carbocycles. The summed E-state index contributed by atoms with van der Waals surface area (Å²) in [6.07, 6.45) is 0.516. The lowest BCUT2D eigenvalue weighted by Crippen LogP contribution is -2.38. The summed E-state index contributed by atoms with van der Waals surface area (Å²) in [4.78, 5) is 16.5. The fourth-order valence-corrected chi connectivity index (χ4v) is 5.75. The van der Waals surface area contributed by atoms with Crippen LogP contribution in [0.2, 0.25) is 5.02 Å². The normalized spacial score (nSPS) is 17.6. The number of methoxy groups -OCH3 is 1. The molecule has 1 aromatic heterocycles. The van der Waals surface area contributed by atoms with Gasteiger partial charge >= 0.3 is 0 Å². The number of nitrogens with one attached hydrogen (secondary N) is 2. The number of amides is 1. The Balaban J connectivity index is 1.38. The van der Waals surface area contributed by atoms with Crippen LogP contribution in [0, 0.1) is 5.82 Å². The van der Waals surface area contributed by atoms with E-state index in [1.165, 1.54) is 28.6 Å². The maximum absolute atomic E-state index is 13.4. The number of hydrogen-bond acceptors (Lipinski definition) is 6. The van der Waals surface area contributed by atoms with E-state index < -0.39 is 5.82 Å². The van der Waals surface area contributed by atoms with Crippen LogP contribution in [-0.4, -0.2) is 31.5 Å². The second kappa shape index (κ2) is 8.85. The first kappa shape index (κ1) is 22.0. The molecule has 0 saturated carbocycles. The van der Waals surface area contributed by atoms with Crippen molar-refractivity contribution in [3.8, 4) is 11.5 Å². The van der Waals surface area contributed by atoms with Gasteiger partial charge in [-0.25, -0.2) is 4.39 Å². The predicted octanol–water partition coefficient (Wildman–Crippen LogP) is 4.97. The average molecular weight is 488 g/mol. The van der Waals surface area contributed by atoms with Crippen LogP contribution in [-0.2, 0) is 19.6 Å². The van der Waals surface area contributed by atoms with Gasteiger partial charge in [-0.2, -0.15) is 0 Å². The molecule has 33 heavy (non-hydrogen) atoms. The molecule has 0 saturated heterocycles. The van der Waals surface area contributed by atoms with Gasteiger partial charge in [0.15, 0.2) is 0 Å². The number of rotatable bonds is 5.